The lowest BCUT2D eigenvalue weighted by Gasteiger charge is -2.02. The van der Waals surface area contributed by atoms with Gasteiger partial charge in [-0.2, -0.15) is 0 Å². The molecule has 0 bridgehead atoms. The molecule has 1 aromatic heterocycles. The summed E-state index contributed by atoms with van der Waals surface area (Å²) in [5.74, 6) is 0.973. The topological polar surface area (TPSA) is 63.8 Å². The highest BCUT2D eigenvalue weighted by Gasteiger charge is 2.05. The van der Waals surface area contributed by atoms with Gasteiger partial charge >= 0.3 is 0 Å². The van der Waals surface area contributed by atoms with Gasteiger partial charge in [-0.1, -0.05) is 42.1 Å². The second kappa shape index (κ2) is 7.13. The SMILES string of the molecule is OCCn1nnnc1SCCCc1ccccc1. The number of hydrogen-bond donors (Lipinski definition) is 1. The molecular formula is C12H16N4OS. The summed E-state index contributed by atoms with van der Waals surface area (Å²) in [6.45, 7) is 0.511. The van der Waals surface area contributed by atoms with Gasteiger partial charge in [-0.25, -0.2) is 4.68 Å². The normalized spacial score (nSPS) is 10.7. The number of benzene rings is 1. The Hall–Kier alpha value is -1.40. The first-order chi connectivity index (χ1) is 8.90. The molecule has 1 aromatic carbocycles. The lowest BCUT2D eigenvalue weighted by molar-refractivity contribution is 0.262. The zero-order valence-corrected chi connectivity index (χ0v) is 10.9. The van der Waals surface area contributed by atoms with Gasteiger partial charge in [0, 0.05) is 5.75 Å². The maximum Gasteiger partial charge on any atom is 0.209 e. The van der Waals surface area contributed by atoms with E-state index >= 15 is 0 Å². The second-order valence-electron chi connectivity index (χ2n) is 3.85. The van der Waals surface area contributed by atoms with Crippen LogP contribution in [0.3, 0.4) is 0 Å². The number of hydrogen-bond acceptors (Lipinski definition) is 5. The molecule has 0 fully saturated rings. The molecule has 0 unspecified atom stereocenters. The van der Waals surface area contributed by atoms with Gasteiger partial charge < -0.3 is 5.11 Å². The van der Waals surface area contributed by atoms with Gasteiger partial charge in [0.25, 0.3) is 0 Å². The first kappa shape index (κ1) is 13.0. The lowest BCUT2D eigenvalue weighted by atomic mass is 10.1. The largest absolute Gasteiger partial charge is 0.394 e. The van der Waals surface area contributed by atoms with E-state index in [1.807, 2.05) is 6.07 Å². The molecule has 0 saturated heterocycles. The zero-order chi connectivity index (χ0) is 12.6. The number of aromatic nitrogens is 4. The Kier molecular flexibility index (Phi) is 5.16. The Morgan fingerprint density at radius 1 is 1.22 bits per heavy atom. The molecule has 0 radical (unpaired) electrons. The van der Waals surface area contributed by atoms with Crippen LogP contribution in [0.1, 0.15) is 12.0 Å². The van der Waals surface area contributed by atoms with E-state index < -0.39 is 0 Å². The van der Waals surface area contributed by atoms with Crippen LogP contribution in [-0.2, 0) is 13.0 Å². The van der Waals surface area contributed by atoms with Crippen molar-refractivity contribution in [3.8, 4) is 0 Å². The van der Waals surface area contributed by atoms with E-state index in [0.29, 0.717) is 6.54 Å². The molecule has 0 saturated carbocycles. The van der Waals surface area contributed by atoms with Crippen molar-refractivity contribution in [1.82, 2.24) is 20.2 Å². The molecule has 2 aromatic rings. The third-order valence-corrected chi connectivity index (χ3v) is 3.54. The van der Waals surface area contributed by atoms with Crippen molar-refractivity contribution in [1.29, 1.82) is 0 Å². The Morgan fingerprint density at radius 3 is 2.83 bits per heavy atom. The number of nitrogens with zero attached hydrogens (tertiary/aromatic N) is 4. The van der Waals surface area contributed by atoms with Gasteiger partial charge in [0.1, 0.15) is 0 Å². The highest BCUT2D eigenvalue weighted by atomic mass is 32.2. The minimum absolute atomic E-state index is 0.0582. The van der Waals surface area contributed by atoms with E-state index in [2.05, 4.69) is 39.8 Å². The number of aliphatic hydroxyl groups is 1. The minimum Gasteiger partial charge on any atom is -0.394 e. The minimum atomic E-state index is 0.0582. The Balaban J connectivity index is 1.73. The number of aryl methyl sites for hydroxylation is 1. The zero-order valence-electron chi connectivity index (χ0n) is 10.1. The monoisotopic (exact) mass is 264 g/mol. The van der Waals surface area contributed by atoms with Gasteiger partial charge in [-0.15, -0.1) is 5.10 Å². The molecule has 1 heterocycles. The smallest absolute Gasteiger partial charge is 0.209 e. The molecule has 0 aliphatic carbocycles. The molecule has 96 valence electrons. The first-order valence-electron chi connectivity index (χ1n) is 5.94. The molecule has 0 amide bonds. The number of aliphatic hydroxyl groups excluding tert-OH is 1. The van der Waals surface area contributed by atoms with E-state index in [1.165, 1.54) is 5.56 Å². The van der Waals surface area contributed by atoms with Crippen LogP contribution in [0.5, 0.6) is 0 Å². The van der Waals surface area contributed by atoms with Gasteiger partial charge in [0.05, 0.1) is 13.2 Å². The maximum absolute atomic E-state index is 8.86. The van der Waals surface area contributed by atoms with Crippen molar-refractivity contribution in [2.45, 2.75) is 24.5 Å². The Morgan fingerprint density at radius 2 is 2.06 bits per heavy atom. The summed E-state index contributed by atoms with van der Waals surface area (Å²) in [6, 6.07) is 10.4. The molecule has 5 nitrogen and oxygen atoms in total. The predicted molar refractivity (Wildman–Crippen MR) is 70.4 cm³/mol. The quantitative estimate of drug-likeness (QED) is 0.605. The van der Waals surface area contributed by atoms with E-state index in [9.17, 15) is 0 Å². The summed E-state index contributed by atoms with van der Waals surface area (Å²) < 4.78 is 1.63. The molecular weight excluding hydrogens is 248 g/mol. The average Bonchev–Trinajstić information content (AvgIpc) is 2.84. The molecule has 0 spiro atoms. The average molecular weight is 264 g/mol. The maximum atomic E-state index is 8.86. The molecule has 0 atom stereocenters. The fourth-order valence-corrected chi connectivity index (χ4v) is 2.46. The van der Waals surface area contributed by atoms with Crippen LogP contribution in [0.4, 0.5) is 0 Å². The van der Waals surface area contributed by atoms with Crippen molar-refractivity contribution in [2.24, 2.45) is 0 Å². The second-order valence-corrected chi connectivity index (χ2v) is 4.91. The number of tetrazole rings is 1. The van der Waals surface area contributed by atoms with Crippen molar-refractivity contribution < 1.29 is 5.11 Å². The summed E-state index contributed by atoms with van der Waals surface area (Å²) in [5.41, 5.74) is 1.35. The van der Waals surface area contributed by atoms with Crippen molar-refractivity contribution >= 4 is 11.8 Å². The third-order valence-electron chi connectivity index (χ3n) is 2.49. The summed E-state index contributed by atoms with van der Waals surface area (Å²) in [5, 5.41) is 21.0. The summed E-state index contributed by atoms with van der Waals surface area (Å²) in [6.07, 6.45) is 2.15. The van der Waals surface area contributed by atoms with Crippen LogP contribution < -0.4 is 0 Å². The highest BCUT2D eigenvalue weighted by Crippen LogP contribution is 2.15. The lowest BCUT2D eigenvalue weighted by Crippen LogP contribution is -2.05. The van der Waals surface area contributed by atoms with Gasteiger partial charge in [-0.05, 0) is 28.8 Å². The summed E-state index contributed by atoms with van der Waals surface area (Å²) in [4.78, 5) is 0. The fraction of sp³-hybridized carbons (Fsp3) is 0.417. The first-order valence-corrected chi connectivity index (χ1v) is 6.92. The summed E-state index contributed by atoms with van der Waals surface area (Å²) in [7, 11) is 0. The van der Waals surface area contributed by atoms with Crippen LogP contribution in [-0.4, -0.2) is 37.7 Å². The van der Waals surface area contributed by atoms with Crippen molar-refractivity contribution in [3.63, 3.8) is 0 Å². The van der Waals surface area contributed by atoms with E-state index in [4.69, 9.17) is 5.11 Å². The predicted octanol–water partition coefficient (Wildman–Crippen LogP) is 1.39. The van der Waals surface area contributed by atoms with E-state index in [1.54, 1.807) is 16.4 Å². The van der Waals surface area contributed by atoms with Crippen molar-refractivity contribution in [2.75, 3.05) is 12.4 Å². The molecule has 0 aliphatic rings. The molecule has 6 heteroatoms. The number of rotatable bonds is 7. The molecule has 1 N–H and O–H groups in total. The molecule has 18 heavy (non-hydrogen) atoms. The van der Waals surface area contributed by atoms with Crippen LogP contribution >= 0.6 is 11.8 Å². The number of thioether (sulfide) groups is 1. The Labute approximate surface area is 110 Å². The molecule has 0 aliphatic heterocycles. The van der Waals surface area contributed by atoms with E-state index in [-0.39, 0.29) is 6.61 Å². The van der Waals surface area contributed by atoms with E-state index in [0.717, 1.165) is 23.8 Å². The highest BCUT2D eigenvalue weighted by molar-refractivity contribution is 7.99. The van der Waals surface area contributed by atoms with Gasteiger partial charge in [0.2, 0.25) is 5.16 Å². The standard InChI is InChI=1S/C12H16N4OS/c17-9-8-16-12(13-14-15-16)18-10-4-7-11-5-2-1-3-6-11/h1-3,5-6,17H,4,7-10H2. The van der Waals surface area contributed by atoms with Crippen LogP contribution in [0, 0.1) is 0 Å². The fourth-order valence-electron chi connectivity index (χ4n) is 1.62. The van der Waals surface area contributed by atoms with Crippen LogP contribution in [0.25, 0.3) is 0 Å². The summed E-state index contributed by atoms with van der Waals surface area (Å²) >= 11 is 1.63. The van der Waals surface area contributed by atoms with Crippen LogP contribution in [0.15, 0.2) is 35.5 Å². The third kappa shape index (κ3) is 3.82. The Bertz CT molecular complexity index is 460. The van der Waals surface area contributed by atoms with Gasteiger partial charge in [0.15, 0.2) is 0 Å². The van der Waals surface area contributed by atoms with Gasteiger partial charge in [-0.3, -0.25) is 0 Å². The van der Waals surface area contributed by atoms with Crippen LogP contribution in [0.2, 0.25) is 0 Å². The molecule has 2 rings (SSSR count). The van der Waals surface area contributed by atoms with Crippen molar-refractivity contribution in [3.05, 3.63) is 35.9 Å².